The number of esters is 1. The van der Waals surface area contributed by atoms with Gasteiger partial charge in [0.25, 0.3) is 0 Å². The topological polar surface area (TPSA) is 70.8 Å². The summed E-state index contributed by atoms with van der Waals surface area (Å²) in [5.41, 5.74) is 7.05. The summed E-state index contributed by atoms with van der Waals surface area (Å²) in [7, 11) is 3.07. The van der Waals surface area contributed by atoms with Crippen LogP contribution in [0.2, 0.25) is 0 Å². The van der Waals surface area contributed by atoms with Crippen LogP contribution in [0.4, 0.5) is 5.69 Å². The van der Waals surface area contributed by atoms with Crippen LogP contribution < -0.4 is 15.2 Å². The summed E-state index contributed by atoms with van der Waals surface area (Å²) in [5, 5.41) is 0. The molecular formula is C14H21NO4. The molecule has 0 aliphatic heterocycles. The Bertz CT molecular complexity index is 445. The zero-order chi connectivity index (χ0) is 14.4. The molecule has 2 N–H and O–H groups in total. The number of hydrogen-bond donors (Lipinski definition) is 1. The van der Waals surface area contributed by atoms with Gasteiger partial charge < -0.3 is 19.9 Å². The van der Waals surface area contributed by atoms with Crippen molar-refractivity contribution in [3.05, 3.63) is 17.7 Å². The summed E-state index contributed by atoms with van der Waals surface area (Å²) < 4.78 is 15.5. The maximum atomic E-state index is 11.7. The first-order valence-electron chi connectivity index (χ1n) is 6.21. The number of nitrogen functional groups attached to an aromatic ring is 1. The highest BCUT2D eigenvalue weighted by atomic mass is 16.5. The lowest BCUT2D eigenvalue weighted by molar-refractivity contribution is -0.147. The first kappa shape index (κ1) is 15.1. The van der Waals surface area contributed by atoms with Gasteiger partial charge in [0.1, 0.15) is 0 Å². The Morgan fingerprint density at radius 1 is 1.26 bits per heavy atom. The van der Waals surface area contributed by atoms with Crippen molar-refractivity contribution in [3.63, 3.8) is 0 Å². The summed E-state index contributed by atoms with van der Waals surface area (Å²) in [6.45, 7) is 3.82. The molecule has 0 aliphatic carbocycles. The predicted molar refractivity (Wildman–Crippen MR) is 73.5 cm³/mol. The van der Waals surface area contributed by atoms with E-state index in [1.807, 2.05) is 13.8 Å². The van der Waals surface area contributed by atoms with Crippen LogP contribution in [0.15, 0.2) is 12.1 Å². The summed E-state index contributed by atoms with van der Waals surface area (Å²) in [5.74, 6) is 0.787. The predicted octanol–water partition coefficient (Wildman–Crippen LogP) is 2.17. The summed E-state index contributed by atoms with van der Waals surface area (Å²) in [6, 6.07) is 3.34. The minimum Gasteiger partial charge on any atom is -0.493 e. The summed E-state index contributed by atoms with van der Waals surface area (Å²) >= 11 is 0. The standard InChI is InChI=1S/C14H21NO4/c1-5-9(2)19-14(16)7-10-6-12(17-3)13(18-4)8-11(10)15/h6,8-9H,5,7,15H2,1-4H3/t9-/m0/s1. The lowest BCUT2D eigenvalue weighted by Gasteiger charge is -2.14. The largest absolute Gasteiger partial charge is 0.493 e. The van der Waals surface area contributed by atoms with Gasteiger partial charge in [-0.15, -0.1) is 0 Å². The Morgan fingerprint density at radius 3 is 2.37 bits per heavy atom. The normalized spacial score (nSPS) is 11.8. The molecule has 5 nitrogen and oxygen atoms in total. The fourth-order valence-corrected chi connectivity index (χ4v) is 1.59. The van der Waals surface area contributed by atoms with Crippen LogP contribution in [-0.4, -0.2) is 26.3 Å². The molecule has 1 rings (SSSR count). The molecule has 0 fully saturated rings. The minimum atomic E-state index is -0.298. The van der Waals surface area contributed by atoms with E-state index in [9.17, 15) is 4.79 Å². The molecule has 0 aromatic heterocycles. The van der Waals surface area contributed by atoms with Gasteiger partial charge in [0.15, 0.2) is 11.5 Å². The zero-order valence-corrected chi connectivity index (χ0v) is 11.9. The average molecular weight is 267 g/mol. The SMILES string of the molecule is CC[C@H](C)OC(=O)Cc1cc(OC)c(OC)cc1N. The van der Waals surface area contributed by atoms with Gasteiger partial charge in [-0.3, -0.25) is 4.79 Å². The number of carbonyl (C=O) groups is 1. The molecule has 5 heteroatoms. The summed E-state index contributed by atoms with van der Waals surface area (Å²) in [4.78, 5) is 11.7. The van der Waals surface area contributed by atoms with Crippen LogP contribution in [0.1, 0.15) is 25.8 Å². The first-order chi connectivity index (χ1) is 9.01. The van der Waals surface area contributed by atoms with Crippen molar-refractivity contribution in [2.45, 2.75) is 32.8 Å². The van der Waals surface area contributed by atoms with Gasteiger partial charge in [-0.1, -0.05) is 6.92 Å². The number of rotatable bonds is 6. The monoisotopic (exact) mass is 267 g/mol. The highest BCUT2D eigenvalue weighted by Crippen LogP contribution is 2.32. The maximum absolute atomic E-state index is 11.7. The molecule has 19 heavy (non-hydrogen) atoms. The molecule has 0 radical (unpaired) electrons. The molecule has 106 valence electrons. The van der Waals surface area contributed by atoms with Crippen molar-refractivity contribution in [2.24, 2.45) is 0 Å². The van der Waals surface area contributed by atoms with Gasteiger partial charge in [0.2, 0.25) is 0 Å². The highest BCUT2D eigenvalue weighted by Gasteiger charge is 2.14. The van der Waals surface area contributed by atoms with Gasteiger partial charge >= 0.3 is 5.97 Å². The third-order valence-corrected chi connectivity index (χ3v) is 2.89. The Morgan fingerprint density at radius 2 is 1.84 bits per heavy atom. The van der Waals surface area contributed by atoms with Crippen molar-refractivity contribution < 1.29 is 19.0 Å². The van der Waals surface area contributed by atoms with Crippen LogP contribution >= 0.6 is 0 Å². The maximum Gasteiger partial charge on any atom is 0.310 e. The lowest BCUT2D eigenvalue weighted by atomic mass is 10.1. The number of carbonyl (C=O) groups excluding carboxylic acids is 1. The number of hydrogen-bond acceptors (Lipinski definition) is 5. The summed E-state index contributed by atoms with van der Waals surface area (Å²) in [6.07, 6.45) is 0.817. The fraction of sp³-hybridized carbons (Fsp3) is 0.500. The molecular weight excluding hydrogens is 246 g/mol. The van der Waals surface area contributed by atoms with Crippen molar-refractivity contribution in [1.29, 1.82) is 0 Å². The van der Waals surface area contributed by atoms with Crippen molar-refractivity contribution in [3.8, 4) is 11.5 Å². The third-order valence-electron chi connectivity index (χ3n) is 2.89. The van der Waals surface area contributed by atoms with E-state index in [0.717, 1.165) is 6.42 Å². The molecule has 1 aromatic carbocycles. The van der Waals surface area contributed by atoms with Gasteiger partial charge in [0, 0.05) is 11.8 Å². The number of anilines is 1. The van der Waals surface area contributed by atoms with Crippen molar-refractivity contribution in [1.82, 2.24) is 0 Å². The van der Waals surface area contributed by atoms with Crippen LogP contribution in [0.25, 0.3) is 0 Å². The number of benzene rings is 1. The van der Waals surface area contributed by atoms with E-state index in [2.05, 4.69) is 0 Å². The third kappa shape index (κ3) is 4.05. The van der Waals surface area contributed by atoms with Gasteiger partial charge in [-0.05, 0) is 25.0 Å². The molecule has 0 aliphatic rings. The van der Waals surface area contributed by atoms with Gasteiger partial charge in [-0.25, -0.2) is 0 Å². The number of ether oxygens (including phenoxy) is 3. The molecule has 0 unspecified atom stereocenters. The second-order valence-corrected chi connectivity index (χ2v) is 4.29. The van der Waals surface area contributed by atoms with Crippen LogP contribution in [0, 0.1) is 0 Å². The molecule has 0 heterocycles. The van der Waals surface area contributed by atoms with Crippen LogP contribution in [0.3, 0.4) is 0 Å². The van der Waals surface area contributed by atoms with E-state index in [1.165, 1.54) is 14.2 Å². The second-order valence-electron chi connectivity index (χ2n) is 4.29. The molecule has 0 saturated carbocycles. The molecule has 1 atom stereocenters. The minimum absolute atomic E-state index is 0.0890. The Hall–Kier alpha value is -1.91. The smallest absolute Gasteiger partial charge is 0.310 e. The highest BCUT2D eigenvalue weighted by molar-refractivity contribution is 5.76. The van der Waals surface area contributed by atoms with E-state index < -0.39 is 0 Å². The quantitative estimate of drug-likeness (QED) is 0.632. The molecule has 0 amide bonds. The first-order valence-corrected chi connectivity index (χ1v) is 6.21. The lowest BCUT2D eigenvalue weighted by Crippen LogP contribution is -2.16. The van der Waals surface area contributed by atoms with E-state index in [1.54, 1.807) is 12.1 Å². The number of nitrogens with two attached hydrogens (primary N) is 1. The zero-order valence-electron chi connectivity index (χ0n) is 11.9. The van der Waals surface area contributed by atoms with Crippen molar-refractivity contribution >= 4 is 11.7 Å². The van der Waals surface area contributed by atoms with Crippen LogP contribution in [-0.2, 0) is 16.0 Å². The Balaban J connectivity index is 2.86. The van der Waals surface area contributed by atoms with E-state index >= 15 is 0 Å². The molecule has 0 saturated heterocycles. The molecule has 0 bridgehead atoms. The van der Waals surface area contributed by atoms with Crippen molar-refractivity contribution in [2.75, 3.05) is 20.0 Å². The average Bonchev–Trinajstić information content (AvgIpc) is 2.40. The Labute approximate surface area is 113 Å². The van der Waals surface area contributed by atoms with Gasteiger partial charge in [-0.2, -0.15) is 0 Å². The van der Waals surface area contributed by atoms with Gasteiger partial charge in [0.05, 0.1) is 26.7 Å². The van der Waals surface area contributed by atoms with E-state index in [4.69, 9.17) is 19.9 Å². The van der Waals surface area contributed by atoms with Crippen LogP contribution in [0.5, 0.6) is 11.5 Å². The molecule has 1 aromatic rings. The van der Waals surface area contributed by atoms with E-state index in [-0.39, 0.29) is 18.5 Å². The molecule has 0 spiro atoms. The van der Waals surface area contributed by atoms with E-state index in [0.29, 0.717) is 22.7 Å². The fourth-order valence-electron chi connectivity index (χ4n) is 1.59. The number of methoxy groups -OCH3 is 2. The Kier molecular flexibility index (Phi) is 5.48. The second kappa shape index (κ2) is 6.87.